The molecule has 0 aliphatic heterocycles. The molecule has 0 radical (unpaired) electrons. The van der Waals surface area contributed by atoms with Crippen LogP contribution in [-0.4, -0.2) is 20.2 Å². The fourth-order valence-corrected chi connectivity index (χ4v) is 1.94. The van der Waals surface area contributed by atoms with Crippen LogP contribution in [0, 0.1) is 0 Å². The number of hydrogen-bond donors (Lipinski definition) is 1. The molecule has 3 aromatic rings. The SMILES string of the molecule is CCc1cccc(-c2n[nH]c(-c3ccccn3)n2)c1. The van der Waals surface area contributed by atoms with Gasteiger partial charge in [-0.3, -0.25) is 10.1 Å². The number of nitrogens with zero attached hydrogens (tertiary/aromatic N) is 3. The largest absolute Gasteiger partial charge is 0.257 e. The second kappa shape index (κ2) is 5.02. The molecule has 4 heteroatoms. The van der Waals surface area contributed by atoms with Gasteiger partial charge in [-0.2, -0.15) is 5.10 Å². The van der Waals surface area contributed by atoms with E-state index in [0.717, 1.165) is 17.7 Å². The highest BCUT2D eigenvalue weighted by atomic mass is 15.2. The molecule has 0 saturated heterocycles. The van der Waals surface area contributed by atoms with Gasteiger partial charge in [-0.15, -0.1) is 0 Å². The van der Waals surface area contributed by atoms with E-state index >= 15 is 0 Å². The molecule has 0 spiro atoms. The van der Waals surface area contributed by atoms with Crippen molar-refractivity contribution in [3.8, 4) is 22.9 Å². The van der Waals surface area contributed by atoms with Crippen LogP contribution in [0.2, 0.25) is 0 Å². The Bertz CT molecular complexity index is 673. The van der Waals surface area contributed by atoms with Gasteiger partial charge in [0.1, 0.15) is 5.69 Å². The van der Waals surface area contributed by atoms with Crippen molar-refractivity contribution >= 4 is 0 Å². The number of benzene rings is 1. The van der Waals surface area contributed by atoms with Gasteiger partial charge in [-0.05, 0) is 30.2 Å². The van der Waals surface area contributed by atoms with Gasteiger partial charge < -0.3 is 0 Å². The number of aromatic nitrogens is 4. The van der Waals surface area contributed by atoms with E-state index in [2.05, 4.69) is 39.2 Å². The Balaban J connectivity index is 1.97. The van der Waals surface area contributed by atoms with Crippen LogP contribution in [0.4, 0.5) is 0 Å². The van der Waals surface area contributed by atoms with Crippen LogP contribution in [-0.2, 0) is 6.42 Å². The Kier molecular flexibility index (Phi) is 3.06. The van der Waals surface area contributed by atoms with Gasteiger partial charge in [0.05, 0.1) is 0 Å². The van der Waals surface area contributed by atoms with E-state index < -0.39 is 0 Å². The van der Waals surface area contributed by atoms with E-state index in [1.54, 1.807) is 6.20 Å². The minimum Gasteiger partial charge on any atom is -0.257 e. The first-order valence-corrected chi connectivity index (χ1v) is 6.30. The molecular weight excluding hydrogens is 236 g/mol. The van der Waals surface area contributed by atoms with Crippen molar-refractivity contribution in [2.45, 2.75) is 13.3 Å². The van der Waals surface area contributed by atoms with Gasteiger partial charge in [-0.1, -0.05) is 31.2 Å². The van der Waals surface area contributed by atoms with Crippen LogP contribution in [0.3, 0.4) is 0 Å². The number of pyridine rings is 1. The molecule has 0 saturated carbocycles. The lowest BCUT2D eigenvalue weighted by Crippen LogP contribution is -1.85. The minimum absolute atomic E-state index is 0.692. The molecule has 4 nitrogen and oxygen atoms in total. The van der Waals surface area contributed by atoms with Gasteiger partial charge in [0.25, 0.3) is 0 Å². The third kappa shape index (κ3) is 2.38. The van der Waals surface area contributed by atoms with Gasteiger partial charge in [0.2, 0.25) is 0 Å². The van der Waals surface area contributed by atoms with Crippen molar-refractivity contribution in [1.82, 2.24) is 20.2 Å². The van der Waals surface area contributed by atoms with E-state index in [4.69, 9.17) is 0 Å². The van der Waals surface area contributed by atoms with E-state index in [9.17, 15) is 0 Å². The van der Waals surface area contributed by atoms with Crippen LogP contribution in [0.1, 0.15) is 12.5 Å². The molecule has 94 valence electrons. The van der Waals surface area contributed by atoms with Crippen molar-refractivity contribution in [1.29, 1.82) is 0 Å². The molecule has 0 aliphatic carbocycles. The number of aryl methyl sites for hydroxylation is 1. The maximum atomic E-state index is 4.50. The summed E-state index contributed by atoms with van der Waals surface area (Å²) >= 11 is 0. The maximum Gasteiger partial charge on any atom is 0.181 e. The second-order valence-electron chi connectivity index (χ2n) is 4.28. The smallest absolute Gasteiger partial charge is 0.181 e. The standard InChI is InChI=1S/C15H14N4/c1-2-11-6-5-7-12(10-11)14-17-15(19-18-14)13-8-3-4-9-16-13/h3-10H,2H2,1H3,(H,17,18,19). The Labute approximate surface area is 111 Å². The van der Waals surface area contributed by atoms with E-state index in [1.807, 2.05) is 30.3 Å². The van der Waals surface area contributed by atoms with E-state index in [1.165, 1.54) is 5.56 Å². The molecule has 0 atom stereocenters. The fourth-order valence-electron chi connectivity index (χ4n) is 1.94. The van der Waals surface area contributed by atoms with Gasteiger partial charge >= 0.3 is 0 Å². The van der Waals surface area contributed by atoms with Crippen molar-refractivity contribution in [3.05, 3.63) is 54.2 Å². The first-order chi connectivity index (χ1) is 9.36. The van der Waals surface area contributed by atoms with Gasteiger partial charge in [0.15, 0.2) is 11.6 Å². The molecule has 1 N–H and O–H groups in total. The predicted molar refractivity (Wildman–Crippen MR) is 74.4 cm³/mol. The summed E-state index contributed by atoms with van der Waals surface area (Å²) in [5, 5.41) is 7.20. The van der Waals surface area contributed by atoms with Crippen LogP contribution in [0.15, 0.2) is 48.7 Å². The summed E-state index contributed by atoms with van der Waals surface area (Å²) < 4.78 is 0. The molecule has 2 aromatic heterocycles. The Morgan fingerprint density at radius 2 is 2.05 bits per heavy atom. The average Bonchev–Trinajstić information content (AvgIpc) is 2.98. The summed E-state index contributed by atoms with van der Waals surface area (Å²) in [7, 11) is 0. The zero-order chi connectivity index (χ0) is 13.1. The van der Waals surface area contributed by atoms with E-state index in [-0.39, 0.29) is 0 Å². The van der Waals surface area contributed by atoms with Gasteiger partial charge in [-0.25, -0.2) is 4.98 Å². The quantitative estimate of drug-likeness (QED) is 0.777. The highest BCUT2D eigenvalue weighted by molar-refractivity contribution is 5.59. The van der Waals surface area contributed by atoms with Gasteiger partial charge in [0, 0.05) is 11.8 Å². The number of rotatable bonds is 3. The first kappa shape index (κ1) is 11.6. The molecule has 19 heavy (non-hydrogen) atoms. The van der Waals surface area contributed by atoms with Crippen LogP contribution < -0.4 is 0 Å². The van der Waals surface area contributed by atoms with Crippen molar-refractivity contribution in [2.24, 2.45) is 0 Å². The summed E-state index contributed by atoms with van der Waals surface area (Å²) in [5.74, 6) is 1.40. The molecule has 1 aromatic carbocycles. The molecule has 0 amide bonds. The summed E-state index contributed by atoms with van der Waals surface area (Å²) in [6.45, 7) is 2.14. The topological polar surface area (TPSA) is 54.5 Å². The molecule has 0 aliphatic rings. The molecule has 0 fully saturated rings. The fraction of sp³-hybridized carbons (Fsp3) is 0.133. The Morgan fingerprint density at radius 3 is 2.84 bits per heavy atom. The minimum atomic E-state index is 0.692. The maximum absolute atomic E-state index is 4.50. The summed E-state index contributed by atoms with van der Waals surface area (Å²) in [6, 6.07) is 14.0. The molecule has 2 heterocycles. The number of hydrogen-bond acceptors (Lipinski definition) is 3. The molecule has 0 bridgehead atoms. The third-order valence-electron chi connectivity index (χ3n) is 2.99. The number of H-pyrrole nitrogens is 1. The van der Waals surface area contributed by atoms with Crippen LogP contribution in [0.5, 0.6) is 0 Å². The van der Waals surface area contributed by atoms with Crippen LogP contribution >= 0.6 is 0 Å². The first-order valence-electron chi connectivity index (χ1n) is 6.30. The molecule has 0 unspecified atom stereocenters. The van der Waals surface area contributed by atoms with Crippen molar-refractivity contribution < 1.29 is 0 Å². The summed E-state index contributed by atoms with van der Waals surface area (Å²) in [5.41, 5.74) is 3.10. The molecular formula is C15H14N4. The number of aromatic amines is 1. The third-order valence-corrected chi connectivity index (χ3v) is 2.99. The zero-order valence-electron chi connectivity index (χ0n) is 10.7. The lowest BCUT2D eigenvalue weighted by molar-refractivity contribution is 1.09. The van der Waals surface area contributed by atoms with E-state index in [0.29, 0.717) is 11.6 Å². The predicted octanol–water partition coefficient (Wildman–Crippen LogP) is 3.10. The lowest BCUT2D eigenvalue weighted by Gasteiger charge is -1.98. The zero-order valence-corrected chi connectivity index (χ0v) is 10.7. The number of nitrogens with one attached hydrogen (secondary N) is 1. The highest BCUT2D eigenvalue weighted by Crippen LogP contribution is 2.19. The normalized spacial score (nSPS) is 10.6. The van der Waals surface area contributed by atoms with Crippen molar-refractivity contribution in [2.75, 3.05) is 0 Å². The molecule has 3 rings (SSSR count). The average molecular weight is 250 g/mol. The summed E-state index contributed by atoms with van der Waals surface area (Å²) in [4.78, 5) is 8.75. The van der Waals surface area contributed by atoms with Crippen molar-refractivity contribution in [3.63, 3.8) is 0 Å². The van der Waals surface area contributed by atoms with Crippen LogP contribution in [0.25, 0.3) is 22.9 Å². The highest BCUT2D eigenvalue weighted by Gasteiger charge is 2.08. The lowest BCUT2D eigenvalue weighted by atomic mass is 10.1. The second-order valence-corrected chi connectivity index (χ2v) is 4.28. The monoisotopic (exact) mass is 250 g/mol. The summed E-state index contributed by atoms with van der Waals surface area (Å²) in [6.07, 6.45) is 2.75. The Morgan fingerprint density at radius 1 is 1.11 bits per heavy atom. The Hall–Kier alpha value is -2.49.